The van der Waals surface area contributed by atoms with E-state index in [0.717, 1.165) is 16.9 Å². The van der Waals surface area contributed by atoms with Gasteiger partial charge in [-0.05, 0) is 30.7 Å². The number of rotatable bonds is 8. The van der Waals surface area contributed by atoms with Crippen LogP contribution in [0.2, 0.25) is 0 Å². The normalized spacial score (nSPS) is 23.4. The number of nitro benzene ring substituents is 1. The van der Waals surface area contributed by atoms with Gasteiger partial charge in [0.05, 0.1) is 47.0 Å². The monoisotopic (exact) mass is 466 g/mol. The summed E-state index contributed by atoms with van der Waals surface area (Å²) in [5.74, 6) is 0. The summed E-state index contributed by atoms with van der Waals surface area (Å²) in [4.78, 5) is 17.4. The largest absolute Gasteiger partial charge is 0.319 e. The number of azo groups is 1. The molecule has 33 heavy (non-hydrogen) atoms. The van der Waals surface area contributed by atoms with Crippen LogP contribution in [0.4, 0.5) is 16.5 Å². The third-order valence-electron chi connectivity index (χ3n) is 6.92. The lowest BCUT2D eigenvalue weighted by molar-refractivity contribution is -0.939. The number of aromatic nitrogens is 1. The molecule has 3 aromatic rings. The van der Waals surface area contributed by atoms with Crippen LogP contribution in [0.15, 0.2) is 52.7 Å². The maximum absolute atomic E-state index is 10.9. The fraction of sp³-hybridized carbons (Fsp3) is 0.435. The van der Waals surface area contributed by atoms with Gasteiger partial charge in [0.25, 0.3) is 5.69 Å². The summed E-state index contributed by atoms with van der Waals surface area (Å²) in [6.07, 6.45) is 0. The van der Waals surface area contributed by atoms with Gasteiger partial charge in [-0.25, -0.2) is 4.98 Å². The Morgan fingerprint density at radius 1 is 1.15 bits per heavy atom. The SMILES string of the molecule is CC(NCC[N+]12CCN(CC1)CC2)c1ccc(N=Nc2nc3cc([N+](=O)[O-])ccc3s2)cc1. The van der Waals surface area contributed by atoms with Crippen LogP contribution in [0.5, 0.6) is 0 Å². The number of fused-ring (bicyclic) bond motifs is 4. The van der Waals surface area contributed by atoms with Crippen LogP contribution in [-0.2, 0) is 0 Å². The highest BCUT2D eigenvalue weighted by molar-refractivity contribution is 7.21. The van der Waals surface area contributed by atoms with E-state index in [1.165, 1.54) is 79.3 Å². The van der Waals surface area contributed by atoms with E-state index >= 15 is 0 Å². The second-order valence-electron chi connectivity index (χ2n) is 8.95. The van der Waals surface area contributed by atoms with Gasteiger partial charge in [-0.3, -0.25) is 15.0 Å². The Morgan fingerprint density at radius 2 is 1.88 bits per heavy atom. The first-order chi connectivity index (χ1) is 16.0. The van der Waals surface area contributed by atoms with Crippen molar-refractivity contribution in [1.29, 1.82) is 0 Å². The molecule has 2 aromatic carbocycles. The molecule has 0 saturated carbocycles. The van der Waals surface area contributed by atoms with Gasteiger partial charge in [-0.15, -0.1) is 10.2 Å². The van der Waals surface area contributed by atoms with Crippen LogP contribution in [0, 0.1) is 10.1 Å². The minimum Gasteiger partial charge on any atom is -0.319 e. The Balaban J connectivity index is 1.16. The molecule has 3 aliphatic rings. The number of quaternary nitrogens is 1. The van der Waals surface area contributed by atoms with Crippen molar-refractivity contribution < 1.29 is 9.41 Å². The molecule has 3 aliphatic heterocycles. The number of benzene rings is 2. The molecule has 4 heterocycles. The number of nitro groups is 1. The molecule has 172 valence electrons. The molecule has 6 rings (SSSR count). The summed E-state index contributed by atoms with van der Waals surface area (Å²) in [6, 6.07) is 13.0. The van der Waals surface area contributed by atoms with Crippen LogP contribution >= 0.6 is 11.3 Å². The number of hydrogen-bond donors (Lipinski definition) is 1. The molecule has 2 bridgehead atoms. The molecule has 1 aromatic heterocycles. The summed E-state index contributed by atoms with van der Waals surface area (Å²) in [5.41, 5.74) is 2.57. The van der Waals surface area contributed by atoms with Gasteiger partial charge in [0.15, 0.2) is 0 Å². The highest BCUT2D eigenvalue weighted by Gasteiger charge is 2.37. The minimum atomic E-state index is -0.422. The van der Waals surface area contributed by atoms with Crippen molar-refractivity contribution >= 4 is 38.1 Å². The molecule has 0 aliphatic carbocycles. The van der Waals surface area contributed by atoms with Crippen LogP contribution in [0.3, 0.4) is 0 Å². The third kappa shape index (κ3) is 4.93. The van der Waals surface area contributed by atoms with Crippen molar-refractivity contribution in [3.63, 3.8) is 0 Å². The number of piperazine rings is 3. The van der Waals surface area contributed by atoms with Gasteiger partial charge in [0, 0.05) is 44.4 Å². The molecule has 0 amide bonds. The molecular weight excluding hydrogens is 438 g/mol. The minimum absolute atomic E-state index is 0.0253. The summed E-state index contributed by atoms with van der Waals surface area (Å²) < 4.78 is 2.12. The molecule has 0 spiro atoms. The molecule has 3 fully saturated rings. The molecule has 1 atom stereocenters. The van der Waals surface area contributed by atoms with E-state index in [-0.39, 0.29) is 11.7 Å². The predicted molar refractivity (Wildman–Crippen MR) is 129 cm³/mol. The van der Waals surface area contributed by atoms with Gasteiger partial charge in [-0.2, -0.15) is 0 Å². The first-order valence-corrected chi connectivity index (χ1v) is 12.2. The van der Waals surface area contributed by atoms with E-state index < -0.39 is 4.92 Å². The maximum atomic E-state index is 10.9. The lowest BCUT2D eigenvalue weighted by atomic mass is 10.1. The third-order valence-corrected chi connectivity index (χ3v) is 7.84. The Labute approximate surface area is 196 Å². The first-order valence-electron chi connectivity index (χ1n) is 11.4. The van der Waals surface area contributed by atoms with Crippen LogP contribution in [0.25, 0.3) is 10.2 Å². The molecule has 3 saturated heterocycles. The smallest absolute Gasteiger partial charge is 0.271 e. The fourth-order valence-electron chi connectivity index (χ4n) is 4.69. The summed E-state index contributed by atoms with van der Waals surface area (Å²) in [7, 11) is 0. The Bertz CT molecular complexity index is 1160. The van der Waals surface area contributed by atoms with Crippen molar-refractivity contribution in [3.05, 3.63) is 58.1 Å². The zero-order valence-electron chi connectivity index (χ0n) is 18.7. The second kappa shape index (κ2) is 9.22. The van der Waals surface area contributed by atoms with Crippen LogP contribution in [-0.4, -0.2) is 71.6 Å². The zero-order valence-corrected chi connectivity index (χ0v) is 19.5. The van der Waals surface area contributed by atoms with Crippen LogP contribution < -0.4 is 5.32 Å². The van der Waals surface area contributed by atoms with Gasteiger partial charge in [0.1, 0.15) is 0 Å². The highest BCUT2D eigenvalue weighted by atomic mass is 32.1. The fourth-order valence-corrected chi connectivity index (χ4v) is 5.46. The Hall–Kier alpha value is -2.79. The van der Waals surface area contributed by atoms with Gasteiger partial charge < -0.3 is 9.80 Å². The van der Waals surface area contributed by atoms with Crippen molar-refractivity contribution in [1.82, 2.24) is 15.2 Å². The molecule has 0 radical (unpaired) electrons. The highest BCUT2D eigenvalue weighted by Crippen LogP contribution is 2.31. The molecule has 9 nitrogen and oxygen atoms in total. The molecular formula is C23H28N7O2S+. The van der Waals surface area contributed by atoms with E-state index in [2.05, 4.69) is 44.5 Å². The summed E-state index contributed by atoms with van der Waals surface area (Å²) in [5, 5.41) is 23.6. The van der Waals surface area contributed by atoms with E-state index in [1.807, 2.05) is 12.1 Å². The summed E-state index contributed by atoms with van der Waals surface area (Å²) >= 11 is 1.36. The quantitative estimate of drug-likeness (QED) is 0.229. The number of hydrogen-bond acceptors (Lipinski definition) is 8. The average Bonchev–Trinajstić information content (AvgIpc) is 3.26. The number of nitrogens with one attached hydrogen (secondary N) is 1. The van der Waals surface area contributed by atoms with Crippen molar-refractivity contribution in [2.75, 3.05) is 52.4 Å². The lowest BCUT2D eigenvalue weighted by Crippen LogP contribution is -2.68. The Kier molecular flexibility index (Phi) is 6.15. The van der Waals surface area contributed by atoms with Gasteiger partial charge in [0.2, 0.25) is 5.13 Å². The molecule has 1 N–H and O–H groups in total. The maximum Gasteiger partial charge on any atom is 0.271 e. The van der Waals surface area contributed by atoms with Crippen LogP contribution in [0.1, 0.15) is 18.5 Å². The van der Waals surface area contributed by atoms with E-state index in [1.54, 1.807) is 6.07 Å². The van der Waals surface area contributed by atoms with E-state index in [4.69, 9.17) is 0 Å². The number of thiazole rings is 1. The first kappa shape index (κ1) is 22.0. The predicted octanol–water partition coefficient (Wildman–Crippen LogP) is 4.42. The number of non-ortho nitro benzene ring substituents is 1. The number of nitrogens with zero attached hydrogens (tertiary/aromatic N) is 6. The standard InChI is InChI=1S/C23H28N7O2S/c1-17(24-8-12-30-13-9-28(10-14-30)11-15-30)18-2-4-19(5-3-18)26-27-23-25-21-16-20(29(31)32)6-7-22(21)33-23/h2-7,16-17,24H,8-15H2,1H3/q+1. The van der Waals surface area contributed by atoms with Gasteiger partial charge >= 0.3 is 0 Å². The van der Waals surface area contributed by atoms with Crippen molar-refractivity contribution in [3.8, 4) is 0 Å². The molecule has 10 heteroatoms. The van der Waals surface area contributed by atoms with E-state index in [0.29, 0.717) is 10.6 Å². The van der Waals surface area contributed by atoms with Crippen molar-refractivity contribution in [2.45, 2.75) is 13.0 Å². The Morgan fingerprint density at radius 3 is 2.58 bits per heavy atom. The average molecular weight is 467 g/mol. The summed E-state index contributed by atoms with van der Waals surface area (Å²) in [6.45, 7) is 12.1. The zero-order chi connectivity index (χ0) is 22.8. The van der Waals surface area contributed by atoms with E-state index in [9.17, 15) is 10.1 Å². The van der Waals surface area contributed by atoms with Gasteiger partial charge in [-0.1, -0.05) is 23.5 Å². The second-order valence-corrected chi connectivity index (χ2v) is 9.96. The molecule has 1 unspecified atom stereocenters. The topological polar surface area (TPSA) is 96.0 Å². The van der Waals surface area contributed by atoms with Crippen molar-refractivity contribution in [2.24, 2.45) is 10.2 Å². The lowest BCUT2D eigenvalue weighted by Gasteiger charge is -2.50.